The molecule has 4 heteroatoms. The molecule has 0 spiro atoms. The highest BCUT2D eigenvalue weighted by molar-refractivity contribution is 7.99. The van der Waals surface area contributed by atoms with Gasteiger partial charge in [0.05, 0.1) is 10.8 Å². The SMILES string of the molecule is c1ccc2c(SCCCCSc3c4c([nH+]c5ccccc35)CCCC4)c3c([nH+]c2c1)CCCC3. The summed E-state index contributed by atoms with van der Waals surface area (Å²) < 4.78 is 0. The maximum absolute atomic E-state index is 3.74. The minimum atomic E-state index is 1.21. The van der Waals surface area contributed by atoms with Gasteiger partial charge < -0.3 is 0 Å². The molecule has 0 aliphatic heterocycles. The molecule has 2 aliphatic carbocycles. The average Bonchev–Trinajstić information content (AvgIpc) is 2.89. The third-order valence-electron chi connectivity index (χ3n) is 7.43. The largest absolute Gasteiger partial charge is 0.212 e. The Morgan fingerprint density at radius 2 is 1.00 bits per heavy atom. The van der Waals surface area contributed by atoms with E-state index in [4.69, 9.17) is 0 Å². The van der Waals surface area contributed by atoms with Crippen LogP contribution in [0.25, 0.3) is 21.8 Å². The third kappa shape index (κ3) is 4.47. The van der Waals surface area contributed by atoms with Crippen molar-refractivity contribution in [2.45, 2.75) is 74.0 Å². The number of hydrogen-bond acceptors (Lipinski definition) is 2. The second kappa shape index (κ2) is 10.3. The first-order valence-corrected chi connectivity index (χ1v) is 15.0. The summed E-state index contributed by atoms with van der Waals surface area (Å²) >= 11 is 4.20. The number of benzene rings is 2. The molecule has 6 rings (SSSR count). The van der Waals surface area contributed by atoms with Gasteiger partial charge in [-0.05, 0) is 75.0 Å². The third-order valence-corrected chi connectivity index (χ3v) is 9.93. The monoisotopic (exact) mass is 486 g/mol. The summed E-state index contributed by atoms with van der Waals surface area (Å²) in [6.07, 6.45) is 12.7. The smallest absolute Gasteiger partial charge is 0.208 e. The van der Waals surface area contributed by atoms with Gasteiger partial charge in [0.25, 0.3) is 0 Å². The number of hydrogen-bond donors (Lipinski definition) is 0. The molecule has 2 aromatic carbocycles. The number of thioether (sulfide) groups is 2. The molecule has 174 valence electrons. The topological polar surface area (TPSA) is 28.3 Å². The van der Waals surface area contributed by atoms with Gasteiger partial charge in [-0.3, -0.25) is 0 Å². The van der Waals surface area contributed by atoms with Gasteiger partial charge in [0.2, 0.25) is 11.0 Å². The predicted molar refractivity (Wildman–Crippen MR) is 145 cm³/mol. The molecule has 0 radical (unpaired) electrons. The zero-order valence-corrected chi connectivity index (χ0v) is 21.6. The van der Waals surface area contributed by atoms with E-state index in [-0.39, 0.29) is 0 Å². The van der Waals surface area contributed by atoms with Crippen molar-refractivity contribution in [3.05, 3.63) is 71.0 Å². The number of aromatic amines is 2. The van der Waals surface area contributed by atoms with Crippen molar-refractivity contribution in [2.24, 2.45) is 0 Å². The van der Waals surface area contributed by atoms with Crippen LogP contribution >= 0.6 is 23.5 Å². The van der Waals surface area contributed by atoms with Gasteiger partial charge in [0.15, 0.2) is 11.4 Å². The molecule has 0 bridgehead atoms. The Kier molecular flexibility index (Phi) is 6.79. The van der Waals surface area contributed by atoms with Crippen LogP contribution in [0.4, 0.5) is 0 Å². The lowest BCUT2D eigenvalue weighted by Crippen LogP contribution is -2.20. The summed E-state index contributed by atoms with van der Waals surface area (Å²) in [4.78, 5) is 10.6. The van der Waals surface area contributed by atoms with E-state index < -0.39 is 0 Å². The molecule has 4 aromatic rings. The van der Waals surface area contributed by atoms with Gasteiger partial charge in [-0.1, -0.05) is 24.3 Å². The lowest BCUT2D eigenvalue weighted by Gasteiger charge is -2.17. The quantitative estimate of drug-likeness (QED) is 0.207. The van der Waals surface area contributed by atoms with Crippen LogP contribution in [-0.4, -0.2) is 11.5 Å². The van der Waals surface area contributed by atoms with E-state index in [1.54, 1.807) is 20.9 Å². The number of para-hydroxylation sites is 2. The molecule has 0 fully saturated rings. The number of unbranched alkanes of at least 4 members (excludes halogenated alkanes) is 1. The molecule has 0 atom stereocenters. The molecule has 0 saturated heterocycles. The van der Waals surface area contributed by atoms with Gasteiger partial charge in [0.1, 0.15) is 0 Å². The summed E-state index contributed by atoms with van der Waals surface area (Å²) in [7, 11) is 0. The molecule has 2 N–H and O–H groups in total. The van der Waals surface area contributed by atoms with E-state index in [1.807, 2.05) is 0 Å². The highest BCUT2D eigenvalue weighted by Crippen LogP contribution is 2.37. The van der Waals surface area contributed by atoms with Crippen molar-refractivity contribution in [3.8, 4) is 0 Å². The number of rotatable bonds is 7. The second-order valence-corrected chi connectivity index (χ2v) is 11.9. The molecular formula is C30H34N2S2+2. The first-order chi connectivity index (χ1) is 16.9. The predicted octanol–water partition coefficient (Wildman–Crippen LogP) is 7.04. The summed E-state index contributed by atoms with van der Waals surface area (Å²) in [5.74, 6) is 2.42. The number of fused-ring (bicyclic) bond motifs is 4. The summed E-state index contributed by atoms with van der Waals surface area (Å²) in [5.41, 5.74) is 8.78. The first kappa shape index (κ1) is 22.4. The molecule has 2 heterocycles. The Labute approximate surface area is 211 Å². The lowest BCUT2D eigenvalue weighted by molar-refractivity contribution is -0.360. The molecule has 2 aromatic heterocycles. The Bertz CT molecular complexity index is 1230. The van der Waals surface area contributed by atoms with Crippen molar-refractivity contribution in [1.82, 2.24) is 0 Å². The van der Waals surface area contributed by atoms with Crippen molar-refractivity contribution in [3.63, 3.8) is 0 Å². The lowest BCUT2D eigenvalue weighted by atomic mass is 9.94. The fraction of sp³-hybridized carbons (Fsp3) is 0.400. The minimum Gasteiger partial charge on any atom is -0.208 e. The zero-order valence-electron chi connectivity index (χ0n) is 19.9. The maximum Gasteiger partial charge on any atom is 0.212 e. The van der Waals surface area contributed by atoms with E-state index in [9.17, 15) is 0 Å². The molecular weight excluding hydrogens is 452 g/mol. The Morgan fingerprint density at radius 3 is 1.50 bits per heavy atom. The first-order valence-electron chi connectivity index (χ1n) is 13.1. The van der Waals surface area contributed by atoms with Crippen molar-refractivity contribution in [1.29, 1.82) is 0 Å². The highest BCUT2D eigenvalue weighted by Gasteiger charge is 2.24. The van der Waals surface area contributed by atoms with Crippen LogP contribution in [0.2, 0.25) is 0 Å². The fourth-order valence-corrected chi connectivity index (χ4v) is 8.27. The van der Waals surface area contributed by atoms with Gasteiger partial charge >= 0.3 is 0 Å². The number of nitrogens with one attached hydrogen (secondary N) is 2. The van der Waals surface area contributed by atoms with Gasteiger partial charge in [0, 0.05) is 45.9 Å². The Morgan fingerprint density at radius 1 is 0.559 bits per heavy atom. The number of H-pyrrole nitrogens is 2. The fourth-order valence-electron chi connectivity index (χ4n) is 5.70. The summed E-state index contributed by atoms with van der Waals surface area (Å²) in [6.45, 7) is 0. The molecule has 2 aliphatic rings. The van der Waals surface area contributed by atoms with Crippen LogP contribution in [0.3, 0.4) is 0 Å². The molecule has 0 amide bonds. The molecule has 0 saturated carbocycles. The van der Waals surface area contributed by atoms with Gasteiger partial charge in [-0.25, -0.2) is 9.97 Å². The molecule has 0 unspecified atom stereocenters. The van der Waals surface area contributed by atoms with E-state index in [0.29, 0.717) is 0 Å². The van der Waals surface area contributed by atoms with E-state index in [2.05, 4.69) is 82.0 Å². The van der Waals surface area contributed by atoms with Crippen molar-refractivity contribution in [2.75, 3.05) is 11.5 Å². The van der Waals surface area contributed by atoms with E-state index in [1.165, 1.54) is 109 Å². The average molecular weight is 487 g/mol. The standard InChI is InChI=1S/C30H32N2S2/c1-5-15-25-21(11-1)29(22-12-2-6-16-26(22)31-25)33-19-9-10-20-34-30-23-13-3-7-17-27(23)32-28-18-8-4-14-24(28)30/h1,3,5,7,11,13,15,17H,2,4,6,8-10,12,14,16,18-20H2/p+2. The normalized spacial score (nSPS) is 15.4. The Hall–Kier alpha value is -2.04. The summed E-state index contributed by atoms with van der Waals surface area (Å²) in [6, 6.07) is 17.8. The highest BCUT2D eigenvalue weighted by atomic mass is 32.2. The van der Waals surface area contributed by atoms with Crippen LogP contribution in [0, 0.1) is 0 Å². The molecule has 34 heavy (non-hydrogen) atoms. The van der Waals surface area contributed by atoms with Gasteiger partial charge in [-0.15, -0.1) is 23.5 Å². The number of aromatic nitrogens is 2. The number of aryl methyl sites for hydroxylation is 2. The summed E-state index contributed by atoms with van der Waals surface area (Å²) in [5, 5.41) is 2.84. The van der Waals surface area contributed by atoms with Crippen LogP contribution in [0.5, 0.6) is 0 Å². The van der Waals surface area contributed by atoms with Crippen molar-refractivity contribution >= 4 is 45.3 Å². The van der Waals surface area contributed by atoms with E-state index in [0.717, 1.165) is 0 Å². The van der Waals surface area contributed by atoms with Crippen LogP contribution in [-0.2, 0) is 25.7 Å². The van der Waals surface area contributed by atoms with Crippen LogP contribution in [0.1, 0.15) is 61.0 Å². The Balaban J connectivity index is 1.13. The maximum atomic E-state index is 3.74. The van der Waals surface area contributed by atoms with Crippen LogP contribution < -0.4 is 9.97 Å². The van der Waals surface area contributed by atoms with E-state index >= 15 is 0 Å². The second-order valence-electron chi connectivity index (χ2n) is 9.73. The van der Waals surface area contributed by atoms with Crippen LogP contribution in [0.15, 0.2) is 58.3 Å². The van der Waals surface area contributed by atoms with Gasteiger partial charge in [-0.2, -0.15) is 0 Å². The number of pyridine rings is 2. The zero-order chi connectivity index (χ0) is 22.7. The minimum absolute atomic E-state index is 1.21. The molecule has 2 nitrogen and oxygen atoms in total. The van der Waals surface area contributed by atoms with Crippen molar-refractivity contribution < 1.29 is 9.97 Å².